The molecule has 1 aliphatic heterocycles. The Hall–Kier alpha value is -2.53. The van der Waals surface area contributed by atoms with Gasteiger partial charge in [-0.2, -0.15) is 0 Å². The van der Waals surface area contributed by atoms with E-state index in [9.17, 15) is 4.79 Å². The predicted octanol–water partition coefficient (Wildman–Crippen LogP) is 3.38. The maximum absolute atomic E-state index is 12.4. The fraction of sp³-hybridized carbons (Fsp3) is 0.435. The van der Waals surface area contributed by atoms with E-state index >= 15 is 0 Å². The van der Waals surface area contributed by atoms with Crippen LogP contribution in [0.5, 0.6) is 11.5 Å². The van der Waals surface area contributed by atoms with Crippen LogP contribution in [0.1, 0.15) is 18.4 Å². The Morgan fingerprint density at radius 1 is 0.857 bits per heavy atom. The van der Waals surface area contributed by atoms with Crippen molar-refractivity contribution in [3.8, 4) is 11.5 Å². The highest BCUT2D eigenvalue weighted by atomic mass is 16.5. The summed E-state index contributed by atoms with van der Waals surface area (Å²) in [5.41, 5.74) is 1.24. The Kier molecular flexibility index (Phi) is 7.73. The molecule has 1 fully saturated rings. The lowest BCUT2D eigenvalue weighted by Crippen LogP contribution is -2.49. The summed E-state index contributed by atoms with van der Waals surface area (Å²) in [6.07, 6.45) is 1.29. The van der Waals surface area contributed by atoms with Crippen LogP contribution in [0.25, 0.3) is 0 Å². The van der Waals surface area contributed by atoms with Gasteiger partial charge < -0.3 is 14.4 Å². The Labute approximate surface area is 167 Å². The molecule has 0 saturated carbocycles. The monoisotopic (exact) mass is 382 g/mol. The van der Waals surface area contributed by atoms with E-state index in [4.69, 9.17) is 9.47 Å². The quantitative estimate of drug-likeness (QED) is 0.624. The number of aryl methyl sites for hydroxylation is 1. The van der Waals surface area contributed by atoms with Crippen LogP contribution >= 0.6 is 0 Å². The highest BCUT2D eigenvalue weighted by Gasteiger charge is 2.20. The number of para-hydroxylation sites is 1. The lowest BCUT2D eigenvalue weighted by molar-refractivity contribution is -0.133. The van der Waals surface area contributed by atoms with Crippen molar-refractivity contribution in [1.82, 2.24) is 9.80 Å². The molecule has 2 aromatic carbocycles. The van der Waals surface area contributed by atoms with Crippen LogP contribution in [0.15, 0.2) is 54.6 Å². The maximum atomic E-state index is 12.4. The number of amides is 1. The van der Waals surface area contributed by atoms with Gasteiger partial charge in [0.25, 0.3) is 0 Å². The number of nitrogens with zero attached hydrogens (tertiary/aromatic N) is 2. The summed E-state index contributed by atoms with van der Waals surface area (Å²) in [4.78, 5) is 16.7. The summed E-state index contributed by atoms with van der Waals surface area (Å²) in [6.45, 7) is 7.61. The third-order valence-electron chi connectivity index (χ3n) is 4.97. The second kappa shape index (κ2) is 10.7. The lowest BCUT2D eigenvalue weighted by atomic mass is 10.2. The smallest absolute Gasteiger partial charge is 0.222 e. The molecule has 1 saturated heterocycles. The first-order valence-electron chi connectivity index (χ1n) is 10.1. The molecule has 0 atom stereocenters. The molecule has 1 aliphatic rings. The first-order valence-corrected chi connectivity index (χ1v) is 10.1. The highest BCUT2D eigenvalue weighted by molar-refractivity contribution is 5.76. The second-order valence-corrected chi connectivity index (χ2v) is 7.15. The number of carbonyl (C=O) groups is 1. The van der Waals surface area contributed by atoms with Gasteiger partial charge in [0.2, 0.25) is 5.91 Å². The molecule has 3 rings (SSSR count). The van der Waals surface area contributed by atoms with Crippen LogP contribution in [0.4, 0.5) is 0 Å². The van der Waals surface area contributed by atoms with E-state index in [-0.39, 0.29) is 5.91 Å². The van der Waals surface area contributed by atoms with Gasteiger partial charge in [-0.1, -0.05) is 35.9 Å². The molecule has 150 valence electrons. The molecule has 1 heterocycles. The van der Waals surface area contributed by atoms with E-state index in [1.807, 2.05) is 47.4 Å². The van der Waals surface area contributed by atoms with Crippen molar-refractivity contribution in [3.63, 3.8) is 0 Å². The van der Waals surface area contributed by atoms with Crippen LogP contribution in [-0.4, -0.2) is 61.6 Å². The SMILES string of the molecule is Cc1ccc(OCCN2CCN(C(=O)CCCOc3ccccc3)CC2)cc1. The van der Waals surface area contributed by atoms with Crippen molar-refractivity contribution in [1.29, 1.82) is 0 Å². The van der Waals surface area contributed by atoms with E-state index in [0.717, 1.165) is 50.6 Å². The molecule has 0 N–H and O–H groups in total. The van der Waals surface area contributed by atoms with Crippen molar-refractivity contribution < 1.29 is 14.3 Å². The molecule has 0 unspecified atom stereocenters. The molecular weight excluding hydrogens is 352 g/mol. The number of piperazine rings is 1. The minimum absolute atomic E-state index is 0.229. The molecule has 5 heteroatoms. The summed E-state index contributed by atoms with van der Waals surface area (Å²) >= 11 is 0. The molecule has 0 radical (unpaired) electrons. The van der Waals surface area contributed by atoms with Crippen LogP contribution in [0.2, 0.25) is 0 Å². The molecule has 0 aromatic heterocycles. The number of carbonyl (C=O) groups excluding carboxylic acids is 1. The van der Waals surface area contributed by atoms with E-state index in [2.05, 4.69) is 24.0 Å². The van der Waals surface area contributed by atoms with Crippen LogP contribution < -0.4 is 9.47 Å². The summed E-state index contributed by atoms with van der Waals surface area (Å²) < 4.78 is 11.5. The third kappa shape index (κ3) is 6.57. The summed E-state index contributed by atoms with van der Waals surface area (Å²) in [5, 5.41) is 0. The normalized spacial score (nSPS) is 14.7. The number of hydrogen-bond donors (Lipinski definition) is 0. The lowest BCUT2D eigenvalue weighted by Gasteiger charge is -2.34. The van der Waals surface area contributed by atoms with E-state index in [0.29, 0.717) is 19.6 Å². The summed E-state index contributed by atoms with van der Waals surface area (Å²) in [7, 11) is 0. The highest BCUT2D eigenvalue weighted by Crippen LogP contribution is 2.12. The summed E-state index contributed by atoms with van der Waals surface area (Å²) in [5.74, 6) is 2.00. The van der Waals surface area contributed by atoms with Gasteiger partial charge in [0, 0.05) is 39.1 Å². The van der Waals surface area contributed by atoms with Gasteiger partial charge in [0.05, 0.1) is 6.61 Å². The number of ether oxygens (including phenoxy) is 2. The molecule has 0 aliphatic carbocycles. The zero-order valence-corrected chi connectivity index (χ0v) is 16.7. The zero-order valence-electron chi connectivity index (χ0n) is 16.7. The standard InChI is InChI=1S/C23H30N2O3/c1-20-9-11-22(12-10-20)28-19-17-24-13-15-25(16-14-24)23(26)8-5-18-27-21-6-3-2-4-7-21/h2-4,6-7,9-12H,5,8,13-19H2,1H3. The van der Waals surface area contributed by atoms with Gasteiger partial charge >= 0.3 is 0 Å². The number of benzene rings is 2. The van der Waals surface area contributed by atoms with E-state index < -0.39 is 0 Å². The fourth-order valence-electron chi connectivity index (χ4n) is 3.24. The van der Waals surface area contributed by atoms with Gasteiger partial charge in [-0.25, -0.2) is 0 Å². The van der Waals surface area contributed by atoms with Crippen molar-refractivity contribution in [2.45, 2.75) is 19.8 Å². The zero-order chi connectivity index (χ0) is 19.6. The average molecular weight is 383 g/mol. The average Bonchev–Trinajstić information content (AvgIpc) is 2.74. The fourth-order valence-corrected chi connectivity index (χ4v) is 3.24. The summed E-state index contributed by atoms with van der Waals surface area (Å²) in [6, 6.07) is 17.9. The number of rotatable bonds is 9. The van der Waals surface area contributed by atoms with Crippen LogP contribution in [0, 0.1) is 6.92 Å². The minimum Gasteiger partial charge on any atom is -0.494 e. The first-order chi connectivity index (χ1) is 13.7. The van der Waals surface area contributed by atoms with Gasteiger partial charge in [-0.05, 0) is 37.6 Å². The van der Waals surface area contributed by atoms with Crippen molar-refractivity contribution in [3.05, 3.63) is 60.2 Å². The van der Waals surface area contributed by atoms with Gasteiger partial charge in [0.15, 0.2) is 0 Å². The first kappa shape index (κ1) is 20.2. The molecule has 1 amide bonds. The molecule has 28 heavy (non-hydrogen) atoms. The van der Waals surface area contributed by atoms with Crippen molar-refractivity contribution >= 4 is 5.91 Å². The van der Waals surface area contributed by atoms with Crippen LogP contribution in [0.3, 0.4) is 0 Å². The second-order valence-electron chi connectivity index (χ2n) is 7.15. The topological polar surface area (TPSA) is 42.0 Å². The van der Waals surface area contributed by atoms with Crippen LogP contribution in [-0.2, 0) is 4.79 Å². The Balaban J connectivity index is 1.26. The Morgan fingerprint density at radius 3 is 2.21 bits per heavy atom. The van der Waals surface area contributed by atoms with Gasteiger partial charge in [-0.15, -0.1) is 0 Å². The number of hydrogen-bond acceptors (Lipinski definition) is 4. The van der Waals surface area contributed by atoms with Gasteiger partial charge in [-0.3, -0.25) is 9.69 Å². The molecule has 0 bridgehead atoms. The minimum atomic E-state index is 0.229. The maximum Gasteiger partial charge on any atom is 0.222 e. The van der Waals surface area contributed by atoms with Crippen molar-refractivity contribution in [2.24, 2.45) is 0 Å². The Morgan fingerprint density at radius 2 is 1.50 bits per heavy atom. The Bertz CT molecular complexity index is 710. The van der Waals surface area contributed by atoms with Gasteiger partial charge in [0.1, 0.15) is 18.1 Å². The molecule has 0 spiro atoms. The van der Waals surface area contributed by atoms with Crippen molar-refractivity contribution in [2.75, 3.05) is 45.9 Å². The third-order valence-corrected chi connectivity index (χ3v) is 4.97. The van der Waals surface area contributed by atoms with E-state index in [1.54, 1.807) is 0 Å². The molecule has 5 nitrogen and oxygen atoms in total. The molecule has 2 aromatic rings. The van der Waals surface area contributed by atoms with E-state index in [1.165, 1.54) is 5.56 Å². The predicted molar refractivity (Wildman–Crippen MR) is 111 cm³/mol. The largest absolute Gasteiger partial charge is 0.494 e. The molecular formula is C23H30N2O3.